The van der Waals surface area contributed by atoms with Gasteiger partial charge in [0.1, 0.15) is 5.75 Å². The number of phenols is 1. The average Bonchev–Trinajstić information content (AvgIpc) is 2.47. The van der Waals surface area contributed by atoms with Gasteiger partial charge in [0.2, 0.25) is 5.91 Å². The number of carbonyl (C=O) groups excluding carboxylic acids is 1. The Morgan fingerprint density at radius 3 is 2.65 bits per heavy atom. The van der Waals surface area contributed by atoms with E-state index in [-0.39, 0.29) is 17.1 Å². The molecule has 4 heteroatoms. The molecule has 0 unspecified atom stereocenters. The fourth-order valence-electron chi connectivity index (χ4n) is 3.14. The number of nitrogens with zero attached hydrogens (tertiary/aromatic N) is 1. The van der Waals surface area contributed by atoms with Crippen LogP contribution in [0.5, 0.6) is 5.75 Å². The van der Waals surface area contributed by atoms with Crippen molar-refractivity contribution in [3.63, 3.8) is 0 Å². The summed E-state index contributed by atoms with van der Waals surface area (Å²) >= 11 is 0. The fraction of sp³-hybridized carbons (Fsp3) is 0.562. The van der Waals surface area contributed by atoms with E-state index < -0.39 is 0 Å². The van der Waals surface area contributed by atoms with E-state index in [1.165, 1.54) is 6.42 Å². The van der Waals surface area contributed by atoms with Crippen molar-refractivity contribution in [1.29, 1.82) is 0 Å². The maximum Gasteiger partial charge on any atom is 0.230 e. The lowest BCUT2D eigenvalue weighted by molar-refractivity contribution is -0.142. The molecule has 3 N–H and O–H groups in total. The molecule has 0 saturated heterocycles. The minimum atomic E-state index is -0.371. The third-order valence-electron chi connectivity index (χ3n) is 4.33. The molecule has 1 aliphatic carbocycles. The zero-order valence-electron chi connectivity index (χ0n) is 12.1. The summed E-state index contributed by atoms with van der Waals surface area (Å²) in [7, 11) is 1.82. The van der Waals surface area contributed by atoms with Crippen LogP contribution in [0.15, 0.2) is 24.3 Å². The largest absolute Gasteiger partial charge is 0.508 e. The molecule has 0 spiro atoms. The molecule has 4 nitrogen and oxygen atoms in total. The molecule has 1 aromatic rings. The molecule has 110 valence electrons. The highest BCUT2D eigenvalue weighted by Gasteiger charge is 2.39. The first-order valence-electron chi connectivity index (χ1n) is 7.31. The topological polar surface area (TPSA) is 66.6 Å². The Balaban J connectivity index is 2.07. The number of nitrogens with two attached hydrogens (primary N) is 1. The van der Waals surface area contributed by atoms with E-state index in [0.717, 1.165) is 31.2 Å². The van der Waals surface area contributed by atoms with Crippen LogP contribution < -0.4 is 5.73 Å². The normalized spacial score (nSPS) is 17.7. The van der Waals surface area contributed by atoms with Crippen LogP contribution in [0, 0.1) is 5.41 Å². The third kappa shape index (κ3) is 3.12. The van der Waals surface area contributed by atoms with Crippen LogP contribution >= 0.6 is 0 Å². The third-order valence-corrected chi connectivity index (χ3v) is 4.33. The minimum Gasteiger partial charge on any atom is -0.508 e. The van der Waals surface area contributed by atoms with Gasteiger partial charge in [-0.25, -0.2) is 0 Å². The van der Waals surface area contributed by atoms with Gasteiger partial charge in [-0.15, -0.1) is 0 Å². The van der Waals surface area contributed by atoms with Crippen molar-refractivity contribution >= 4 is 5.91 Å². The van der Waals surface area contributed by atoms with Crippen molar-refractivity contribution in [2.45, 2.75) is 38.6 Å². The SMILES string of the molecule is CN(Cc1cccc(O)c1)C(=O)C1(CN)CCCCC1. The van der Waals surface area contributed by atoms with Crippen molar-refractivity contribution in [3.05, 3.63) is 29.8 Å². The summed E-state index contributed by atoms with van der Waals surface area (Å²) < 4.78 is 0. The minimum absolute atomic E-state index is 0.142. The van der Waals surface area contributed by atoms with E-state index in [4.69, 9.17) is 5.73 Å². The zero-order chi connectivity index (χ0) is 14.6. The average molecular weight is 276 g/mol. The number of rotatable bonds is 4. The number of hydrogen-bond acceptors (Lipinski definition) is 3. The maximum absolute atomic E-state index is 12.7. The predicted octanol–water partition coefficient (Wildman–Crippen LogP) is 2.26. The van der Waals surface area contributed by atoms with Gasteiger partial charge in [0, 0.05) is 20.1 Å². The number of hydrogen-bond donors (Lipinski definition) is 2. The van der Waals surface area contributed by atoms with Crippen LogP contribution in [0.3, 0.4) is 0 Å². The molecule has 0 aliphatic heterocycles. The molecule has 2 rings (SSSR count). The van der Waals surface area contributed by atoms with Crippen LogP contribution in [0.1, 0.15) is 37.7 Å². The number of phenolic OH excluding ortho intramolecular Hbond substituents is 1. The molecule has 1 amide bonds. The Morgan fingerprint density at radius 1 is 1.35 bits per heavy atom. The van der Waals surface area contributed by atoms with E-state index in [0.29, 0.717) is 13.1 Å². The van der Waals surface area contributed by atoms with Gasteiger partial charge in [0.05, 0.1) is 5.41 Å². The van der Waals surface area contributed by atoms with E-state index in [1.807, 2.05) is 13.1 Å². The molecular weight excluding hydrogens is 252 g/mol. The molecule has 0 radical (unpaired) electrons. The molecule has 1 fully saturated rings. The number of carbonyl (C=O) groups is 1. The zero-order valence-corrected chi connectivity index (χ0v) is 12.1. The van der Waals surface area contributed by atoms with Gasteiger partial charge in [-0.2, -0.15) is 0 Å². The first-order valence-corrected chi connectivity index (χ1v) is 7.31. The van der Waals surface area contributed by atoms with Gasteiger partial charge in [-0.05, 0) is 30.5 Å². The quantitative estimate of drug-likeness (QED) is 0.886. The van der Waals surface area contributed by atoms with Crippen molar-refractivity contribution in [2.24, 2.45) is 11.1 Å². The van der Waals surface area contributed by atoms with Crippen molar-refractivity contribution < 1.29 is 9.90 Å². The maximum atomic E-state index is 12.7. The van der Waals surface area contributed by atoms with Crippen LogP contribution in [-0.2, 0) is 11.3 Å². The van der Waals surface area contributed by atoms with E-state index in [1.54, 1.807) is 23.1 Å². The highest BCUT2D eigenvalue weighted by atomic mass is 16.3. The van der Waals surface area contributed by atoms with Crippen molar-refractivity contribution in [1.82, 2.24) is 4.90 Å². The standard InChI is InChI=1S/C16H24N2O2/c1-18(11-13-6-5-7-14(19)10-13)15(20)16(12-17)8-3-2-4-9-16/h5-7,10,19H,2-4,8-9,11-12,17H2,1H3. The van der Waals surface area contributed by atoms with Crippen LogP contribution in [0.25, 0.3) is 0 Å². The van der Waals surface area contributed by atoms with Gasteiger partial charge in [0.15, 0.2) is 0 Å². The molecular formula is C16H24N2O2. The summed E-state index contributed by atoms with van der Waals surface area (Å²) in [6.07, 6.45) is 5.16. The lowest BCUT2D eigenvalue weighted by atomic mass is 9.73. The lowest BCUT2D eigenvalue weighted by Crippen LogP contribution is -2.47. The monoisotopic (exact) mass is 276 g/mol. The van der Waals surface area contributed by atoms with Gasteiger partial charge in [-0.3, -0.25) is 4.79 Å². The molecule has 20 heavy (non-hydrogen) atoms. The Hall–Kier alpha value is -1.55. The summed E-state index contributed by atoms with van der Waals surface area (Å²) in [5.74, 6) is 0.373. The summed E-state index contributed by atoms with van der Waals surface area (Å²) in [5.41, 5.74) is 6.47. The van der Waals surface area contributed by atoms with Crippen LogP contribution in [0.4, 0.5) is 0 Å². The molecule has 0 atom stereocenters. The van der Waals surface area contributed by atoms with E-state index >= 15 is 0 Å². The van der Waals surface area contributed by atoms with Gasteiger partial charge >= 0.3 is 0 Å². The fourth-order valence-corrected chi connectivity index (χ4v) is 3.14. The van der Waals surface area contributed by atoms with Gasteiger partial charge in [-0.1, -0.05) is 31.4 Å². The molecule has 0 heterocycles. The second-order valence-electron chi connectivity index (χ2n) is 5.88. The molecule has 1 aliphatic rings. The predicted molar refractivity (Wildman–Crippen MR) is 79.2 cm³/mol. The summed E-state index contributed by atoms with van der Waals surface area (Å²) in [6, 6.07) is 7.04. The Morgan fingerprint density at radius 2 is 2.05 bits per heavy atom. The number of benzene rings is 1. The molecule has 1 saturated carbocycles. The summed E-state index contributed by atoms with van der Waals surface area (Å²) in [4.78, 5) is 14.5. The smallest absolute Gasteiger partial charge is 0.230 e. The Labute approximate surface area is 120 Å². The van der Waals surface area contributed by atoms with Gasteiger partial charge < -0.3 is 15.7 Å². The number of amides is 1. The van der Waals surface area contributed by atoms with E-state index in [2.05, 4.69) is 0 Å². The Bertz CT molecular complexity index is 467. The number of aromatic hydroxyl groups is 1. The second kappa shape index (κ2) is 6.27. The first kappa shape index (κ1) is 14.9. The van der Waals surface area contributed by atoms with Crippen molar-refractivity contribution in [2.75, 3.05) is 13.6 Å². The second-order valence-corrected chi connectivity index (χ2v) is 5.88. The Kier molecular flexibility index (Phi) is 4.65. The van der Waals surface area contributed by atoms with E-state index in [9.17, 15) is 9.90 Å². The lowest BCUT2D eigenvalue weighted by Gasteiger charge is -2.37. The highest BCUT2D eigenvalue weighted by Crippen LogP contribution is 2.37. The van der Waals surface area contributed by atoms with Gasteiger partial charge in [0.25, 0.3) is 0 Å². The highest BCUT2D eigenvalue weighted by molar-refractivity contribution is 5.83. The van der Waals surface area contributed by atoms with Crippen molar-refractivity contribution in [3.8, 4) is 5.75 Å². The summed E-state index contributed by atoms with van der Waals surface area (Å²) in [5, 5.41) is 9.49. The molecule has 1 aromatic carbocycles. The molecule has 0 bridgehead atoms. The summed E-state index contributed by atoms with van der Waals surface area (Å²) in [6.45, 7) is 0.936. The molecule has 0 aromatic heterocycles. The van der Waals surface area contributed by atoms with Crippen LogP contribution in [0.2, 0.25) is 0 Å². The van der Waals surface area contributed by atoms with Crippen LogP contribution in [-0.4, -0.2) is 29.5 Å². The first-order chi connectivity index (χ1) is 9.57.